The minimum Gasteiger partial charge on any atom is -0.507 e. The van der Waals surface area contributed by atoms with Crippen LogP contribution >= 0.6 is 15.9 Å². The molecule has 3 aromatic rings. The summed E-state index contributed by atoms with van der Waals surface area (Å²) in [6, 6.07) is 7.88. The molecule has 7 nitrogen and oxygen atoms in total. The van der Waals surface area contributed by atoms with E-state index in [-0.39, 0.29) is 23.1 Å². The Bertz CT molecular complexity index is 1410. The summed E-state index contributed by atoms with van der Waals surface area (Å²) in [5.41, 5.74) is 5.41. The van der Waals surface area contributed by atoms with E-state index >= 15 is 0 Å². The molecule has 2 N–H and O–H groups in total. The molecule has 2 aromatic carbocycles. The molecule has 2 aliphatic carbocycles. The average molecular weight is 582 g/mol. The smallest absolute Gasteiger partial charge is 0.311 e. The maximum atomic E-state index is 12.9. The van der Waals surface area contributed by atoms with Gasteiger partial charge in [0.15, 0.2) is 0 Å². The molecule has 0 aliphatic heterocycles. The van der Waals surface area contributed by atoms with E-state index in [2.05, 4.69) is 64.6 Å². The van der Waals surface area contributed by atoms with E-state index in [1.54, 1.807) is 12.3 Å². The Labute approximate surface area is 232 Å². The van der Waals surface area contributed by atoms with E-state index in [4.69, 9.17) is 9.72 Å². The number of anilines is 1. The van der Waals surface area contributed by atoms with Crippen LogP contribution in [-0.4, -0.2) is 47.5 Å². The highest BCUT2D eigenvalue weighted by molar-refractivity contribution is 9.10. The predicted octanol–water partition coefficient (Wildman–Crippen LogP) is 6.81. The predicted molar refractivity (Wildman–Crippen MR) is 156 cm³/mol. The Kier molecular flexibility index (Phi) is 7.05. The van der Waals surface area contributed by atoms with Crippen molar-refractivity contribution in [3.05, 3.63) is 45.4 Å². The number of phenols is 1. The first-order valence-corrected chi connectivity index (χ1v) is 14.4. The second-order valence-electron chi connectivity index (χ2n) is 11.1. The minimum absolute atomic E-state index is 0.0939. The highest BCUT2D eigenvalue weighted by atomic mass is 79.9. The standard InChI is InChI=1S/C30H37BrN4O3/c1-6-35(7-2)19-10-9-18(23(36)15-19)17-32-28-33-25-20-11-12-24-29(3,21(20)16-22(31)26(25)34-28)13-8-14-30(24,4)27(37)38-5/h9-10,15-17,24,36H,6-8,11-14H2,1-5H3,(H,33,34)/b32-17+/t24-,29-,30-/m1/s1. The van der Waals surface area contributed by atoms with Gasteiger partial charge in [-0.2, -0.15) is 0 Å². The maximum Gasteiger partial charge on any atom is 0.311 e. The summed E-state index contributed by atoms with van der Waals surface area (Å²) in [6.45, 7) is 10.4. The van der Waals surface area contributed by atoms with E-state index in [9.17, 15) is 9.90 Å². The van der Waals surface area contributed by atoms with Gasteiger partial charge >= 0.3 is 5.97 Å². The molecule has 202 valence electrons. The third kappa shape index (κ3) is 4.21. The average Bonchev–Trinajstić information content (AvgIpc) is 3.34. The lowest BCUT2D eigenvalue weighted by Crippen LogP contribution is -2.52. The summed E-state index contributed by atoms with van der Waals surface area (Å²) in [5.74, 6) is 0.814. The second-order valence-corrected chi connectivity index (χ2v) is 12.0. The van der Waals surface area contributed by atoms with Crippen molar-refractivity contribution in [3.8, 4) is 5.75 Å². The van der Waals surface area contributed by atoms with Gasteiger partial charge in [0.2, 0.25) is 5.95 Å². The Morgan fingerprint density at radius 1 is 1.29 bits per heavy atom. The quantitative estimate of drug-likeness (QED) is 0.247. The molecule has 2 aliphatic rings. The lowest BCUT2D eigenvalue weighted by atomic mass is 9.50. The van der Waals surface area contributed by atoms with E-state index < -0.39 is 5.41 Å². The third-order valence-corrected chi connectivity index (χ3v) is 9.77. The minimum atomic E-state index is -0.479. The number of rotatable bonds is 6. The van der Waals surface area contributed by atoms with Crippen LogP contribution in [0.4, 0.5) is 11.6 Å². The van der Waals surface area contributed by atoms with Crippen LogP contribution in [0.1, 0.15) is 70.1 Å². The molecule has 1 saturated carbocycles. The number of carbonyl (C=O) groups excluding carboxylic acids is 1. The molecule has 0 saturated heterocycles. The normalized spacial score (nSPS) is 24.8. The molecule has 1 aromatic heterocycles. The van der Waals surface area contributed by atoms with E-state index in [1.807, 2.05) is 12.1 Å². The van der Waals surface area contributed by atoms with E-state index in [0.717, 1.165) is 66.4 Å². The number of halogens is 1. The molecule has 0 amide bonds. The van der Waals surface area contributed by atoms with Crippen LogP contribution in [0.25, 0.3) is 11.0 Å². The number of nitrogens with zero attached hydrogens (tertiary/aromatic N) is 3. The third-order valence-electron chi connectivity index (χ3n) is 9.16. The first kappa shape index (κ1) is 26.7. The number of imidazole rings is 1. The molecule has 1 heterocycles. The number of aliphatic imine (C=N–C) groups is 1. The molecular formula is C30H37BrN4O3. The van der Waals surface area contributed by atoms with Gasteiger partial charge in [0.25, 0.3) is 0 Å². The van der Waals surface area contributed by atoms with Crippen molar-refractivity contribution in [1.82, 2.24) is 9.97 Å². The molecule has 38 heavy (non-hydrogen) atoms. The van der Waals surface area contributed by atoms with Crippen LogP contribution in [-0.2, 0) is 21.4 Å². The molecule has 8 heteroatoms. The number of H-pyrrole nitrogens is 1. The SMILES string of the molecule is CCN(CC)c1ccc(/C=N/c2nc3c(Br)cc4c(c3[nH]2)CC[C@H]2[C@](C)(C(=O)OC)CCC[C@]42C)c(O)c1. The Morgan fingerprint density at radius 3 is 2.74 bits per heavy atom. The van der Waals surface area contributed by atoms with Crippen molar-refractivity contribution in [2.75, 3.05) is 25.1 Å². The summed E-state index contributed by atoms with van der Waals surface area (Å²) >= 11 is 3.77. The van der Waals surface area contributed by atoms with Crippen LogP contribution in [0.15, 0.2) is 33.7 Å². The molecular weight excluding hydrogens is 544 g/mol. The maximum absolute atomic E-state index is 12.9. The number of hydrogen-bond acceptors (Lipinski definition) is 6. The van der Waals surface area contributed by atoms with Crippen LogP contribution < -0.4 is 4.90 Å². The van der Waals surface area contributed by atoms with Crippen LogP contribution in [0, 0.1) is 11.3 Å². The number of aromatic hydroxyl groups is 1. The summed E-state index contributed by atoms with van der Waals surface area (Å²) in [6.07, 6.45) is 6.34. The number of ether oxygens (including phenoxy) is 1. The van der Waals surface area contributed by atoms with Crippen LogP contribution in [0.5, 0.6) is 5.75 Å². The zero-order chi connectivity index (χ0) is 27.2. The number of phenolic OH excluding ortho intramolecular Hbond substituents is 1. The molecule has 0 spiro atoms. The topological polar surface area (TPSA) is 90.8 Å². The number of esters is 1. The highest BCUT2D eigenvalue weighted by Crippen LogP contribution is 2.58. The van der Waals surface area contributed by atoms with Crippen molar-refractivity contribution >= 4 is 50.8 Å². The zero-order valence-corrected chi connectivity index (χ0v) is 24.5. The number of aryl methyl sites for hydroxylation is 1. The van der Waals surface area contributed by atoms with Crippen molar-refractivity contribution in [1.29, 1.82) is 0 Å². The fourth-order valence-electron chi connectivity index (χ4n) is 7.16. The van der Waals surface area contributed by atoms with Crippen LogP contribution in [0.3, 0.4) is 0 Å². The van der Waals surface area contributed by atoms with Crippen molar-refractivity contribution in [2.45, 2.75) is 65.2 Å². The highest BCUT2D eigenvalue weighted by Gasteiger charge is 2.56. The van der Waals surface area contributed by atoms with Gasteiger partial charge in [-0.3, -0.25) is 4.79 Å². The Morgan fingerprint density at radius 2 is 2.05 bits per heavy atom. The van der Waals surface area contributed by atoms with Gasteiger partial charge in [-0.05, 0) is 103 Å². The largest absolute Gasteiger partial charge is 0.507 e. The number of hydrogen-bond donors (Lipinski definition) is 2. The summed E-state index contributed by atoms with van der Waals surface area (Å²) < 4.78 is 6.19. The number of carbonyl (C=O) groups is 1. The molecule has 1 fully saturated rings. The second kappa shape index (κ2) is 10.0. The number of fused-ring (bicyclic) bond motifs is 5. The Balaban J connectivity index is 1.50. The molecule has 0 radical (unpaired) electrons. The van der Waals surface area contributed by atoms with Gasteiger partial charge in [0, 0.05) is 41.1 Å². The van der Waals surface area contributed by atoms with Gasteiger partial charge < -0.3 is 19.7 Å². The number of benzene rings is 2. The number of aromatic nitrogens is 2. The molecule has 0 bridgehead atoms. The number of nitrogens with one attached hydrogen (secondary N) is 1. The van der Waals surface area contributed by atoms with Gasteiger partial charge in [-0.15, -0.1) is 0 Å². The zero-order valence-electron chi connectivity index (χ0n) is 22.9. The summed E-state index contributed by atoms with van der Waals surface area (Å²) in [5, 5.41) is 10.6. The van der Waals surface area contributed by atoms with E-state index in [1.165, 1.54) is 18.2 Å². The fourth-order valence-corrected chi connectivity index (χ4v) is 7.67. The fraction of sp³-hybridized carbons (Fsp3) is 0.500. The van der Waals surface area contributed by atoms with Crippen molar-refractivity contribution in [3.63, 3.8) is 0 Å². The number of aromatic amines is 1. The lowest BCUT2D eigenvalue weighted by Gasteiger charge is -2.54. The van der Waals surface area contributed by atoms with Crippen molar-refractivity contribution in [2.24, 2.45) is 16.3 Å². The Hall–Kier alpha value is -2.87. The summed E-state index contributed by atoms with van der Waals surface area (Å²) in [7, 11) is 1.50. The monoisotopic (exact) mass is 580 g/mol. The first-order valence-electron chi connectivity index (χ1n) is 13.6. The van der Waals surface area contributed by atoms with Gasteiger partial charge in [-0.25, -0.2) is 9.98 Å². The van der Waals surface area contributed by atoms with Gasteiger partial charge in [-0.1, -0.05) is 13.3 Å². The van der Waals surface area contributed by atoms with E-state index in [0.29, 0.717) is 11.5 Å². The first-order chi connectivity index (χ1) is 18.2. The number of methoxy groups -OCH3 is 1. The molecule has 0 unspecified atom stereocenters. The molecule has 3 atom stereocenters. The van der Waals surface area contributed by atoms with Crippen LogP contribution in [0.2, 0.25) is 0 Å². The van der Waals surface area contributed by atoms with Crippen molar-refractivity contribution < 1.29 is 14.6 Å². The summed E-state index contributed by atoms with van der Waals surface area (Å²) in [4.78, 5) is 27.9. The van der Waals surface area contributed by atoms with Gasteiger partial charge in [0.1, 0.15) is 11.3 Å². The van der Waals surface area contributed by atoms with Gasteiger partial charge in [0.05, 0.1) is 18.0 Å². The lowest BCUT2D eigenvalue weighted by molar-refractivity contribution is -0.161. The molecule has 5 rings (SSSR count).